The summed E-state index contributed by atoms with van der Waals surface area (Å²) in [6.07, 6.45) is 2.22. The highest BCUT2D eigenvalue weighted by atomic mass is 32.2. The molecular weight excluding hydrogens is 414 g/mol. The minimum Gasteiger partial charge on any atom is -0.325 e. The van der Waals surface area contributed by atoms with E-state index in [1.807, 2.05) is 62.6 Å². The highest BCUT2D eigenvalue weighted by Crippen LogP contribution is 2.36. The fraction of sp³-hybridized carbons (Fsp3) is 0.261. The maximum atomic E-state index is 12.5. The Morgan fingerprint density at radius 1 is 1.20 bits per heavy atom. The normalized spacial score (nSPS) is 16.1. The number of para-hydroxylation sites is 1. The van der Waals surface area contributed by atoms with E-state index in [1.165, 1.54) is 11.8 Å². The molecule has 3 rings (SSSR count). The van der Waals surface area contributed by atoms with E-state index in [1.54, 1.807) is 11.8 Å². The zero-order chi connectivity index (χ0) is 21.7. The number of hydrogen-bond donors (Lipinski definition) is 2. The number of nitrogens with one attached hydrogen (secondary N) is 2. The van der Waals surface area contributed by atoms with Crippen LogP contribution in [0.4, 0.5) is 5.69 Å². The molecule has 0 saturated heterocycles. The first-order chi connectivity index (χ1) is 14.4. The van der Waals surface area contributed by atoms with Crippen LogP contribution in [0.1, 0.15) is 29.0 Å². The largest absolute Gasteiger partial charge is 0.325 e. The SMILES string of the molecule is CSc1ccc([C@H]2CC(=O)NC(SCC(=O)Nc3c(C)cccc3C)=C2C#N)cc1. The van der Waals surface area contributed by atoms with Gasteiger partial charge in [-0.3, -0.25) is 9.59 Å². The van der Waals surface area contributed by atoms with Gasteiger partial charge in [-0.2, -0.15) is 5.26 Å². The van der Waals surface area contributed by atoms with Crippen LogP contribution in [0.5, 0.6) is 0 Å². The Hall–Kier alpha value is -2.69. The minimum atomic E-state index is -0.302. The van der Waals surface area contributed by atoms with Gasteiger partial charge >= 0.3 is 0 Å². The van der Waals surface area contributed by atoms with E-state index in [4.69, 9.17) is 0 Å². The summed E-state index contributed by atoms with van der Waals surface area (Å²) in [5.74, 6) is -0.524. The van der Waals surface area contributed by atoms with Crippen LogP contribution in [0.3, 0.4) is 0 Å². The van der Waals surface area contributed by atoms with Gasteiger partial charge in [0.05, 0.1) is 22.4 Å². The molecule has 0 aliphatic carbocycles. The number of anilines is 1. The van der Waals surface area contributed by atoms with Crippen LogP contribution in [0.2, 0.25) is 0 Å². The van der Waals surface area contributed by atoms with Gasteiger partial charge in [-0.1, -0.05) is 42.1 Å². The summed E-state index contributed by atoms with van der Waals surface area (Å²) in [6.45, 7) is 3.89. The summed E-state index contributed by atoms with van der Waals surface area (Å²) in [5.41, 5.74) is 4.21. The molecule has 1 heterocycles. The van der Waals surface area contributed by atoms with Gasteiger partial charge < -0.3 is 10.6 Å². The predicted molar refractivity (Wildman–Crippen MR) is 123 cm³/mol. The standard InChI is InChI=1S/C23H23N3O2S2/c1-14-5-4-6-15(2)22(14)25-21(28)13-30-23-19(12-24)18(11-20(27)26-23)16-7-9-17(29-3)10-8-16/h4-10,18H,11,13H2,1-3H3,(H,25,28)(H,26,27)/t18-/m1/s1. The van der Waals surface area contributed by atoms with Crippen LogP contribution in [0.15, 0.2) is 58.0 Å². The molecule has 30 heavy (non-hydrogen) atoms. The van der Waals surface area contributed by atoms with Crippen molar-refractivity contribution in [3.63, 3.8) is 0 Å². The van der Waals surface area contributed by atoms with Gasteiger partial charge in [-0.25, -0.2) is 0 Å². The van der Waals surface area contributed by atoms with E-state index >= 15 is 0 Å². The summed E-state index contributed by atoms with van der Waals surface area (Å²) < 4.78 is 0. The van der Waals surface area contributed by atoms with Crippen LogP contribution in [0.25, 0.3) is 0 Å². The first-order valence-electron chi connectivity index (χ1n) is 9.50. The number of aryl methyl sites for hydroxylation is 2. The molecule has 2 aromatic carbocycles. The molecule has 0 aromatic heterocycles. The second kappa shape index (κ2) is 9.88. The minimum absolute atomic E-state index is 0.104. The molecule has 1 aliphatic heterocycles. The quantitative estimate of drug-likeness (QED) is 0.638. The van der Waals surface area contributed by atoms with E-state index in [0.717, 1.165) is 27.3 Å². The van der Waals surface area contributed by atoms with Crippen molar-refractivity contribution >= 4 is 41.0 Å². The number of rotatable bonds is 6. The van der Waals surface area contributed by atoms with Gasteiger partial charge in [-0.05, 0) is 48.9 Å². The zero-order valence-corrected chi connectivity index (χ0v) is 18.7. The lowest BCUT2D eigenvalue weighted by atomic mass is 9.87. The lowest BCUT2D eigenvalue weighted by molar-refractivity contribution is -0.121. The molecule has 154 valence electrons. The second-order valence-electron chi connectivity index (χ2n) is 7.04. The number of amides is 2. The van der Waals surface area contributed by atoms with Crippen LogP contribution in [0, 0.1) is 25.2 Å². The third kappa shape index (κ3) is 5.07. The summed E-state index contributed by atoms with van der Waals surface area (Å²) in [7, 11) is 0. The molecule has 7 heteroatoms. The topological polar surface area (TPSA) is 82.0 Å². The summed E-state index contributed by atoms with van der Waals surface area (Å²) in [6, 6.07) is 16.0. The van der Waals surface area contributed by atoms with Crippen molar-refractivity contribution in [2.24, 2.45) is 0 Å². The smallest absolute Gasteiger partial charge is 0.234 e. The monoisotopic (exact) mass is 437 g/mol. The Morgan fingerprint density at radius 2 is 1.87 bits per heavy atom. The van der Waals surface area contributed by atoms with Gasteiger partial charge in [0, 0.05) is 22.9 Å². The van der Waals surface area contributed by atoms with Crippen molar-refractivity contribution in [1.82, 2.24) is 5.32 Å². The number of hydrogen-bond acceptors (Lipinski definition) is 5. The number of thioether (sulfide) groups is 2. The number of carbonyl (C=O) groups excluding carboxylic acids is 2. The fourth-order valence-corrected chi connectivity index (χ4v) is 4.66. The summed E-state index contributed by atoms with van der Waals surface area (Å²) in [5, 5.41) is 16.0. The van der Waals surface area contributed by atoms with E-state index in [9.17, 15) is 14.9 Å². The third-order valence-corrected chi connectivity index (χ3v) is 6.73. The average molecular weight is 438 g/mol. The van der Waals surface area contributed by atoms with Crippen molar-refractivity contribution in [2.45, 2.75) is 31.1 Å². The molecule has 2 aromatic rings. The summed E-state index contributed by atoms with van der Waals surface area (Å²) >= 11 is 2.83. The second-order valence-corrected chi connectivity index (χ2v) is 8.90. The number of nitriles is 1. The Labute approximate surface area is 185 Å². The Kier molecular flexibility index (Phi) is 7.24. The third-order valence-electron chi connectivity index (χ3n) is 4.97. The fourth-order valence-electron chi connectivity index (χ4n) is 3.38. The highest BCUT2D eigenvalue weighted by Gasteiger charge is 2.29. The Morgan fingerprint density at radius 3 is 2.47 bits per heavy atom. The maximum Gasteiger partial charge on any atom is 0.234 e. The first kappa shape index (κ1) is 22.0. The lowest BCUT2D eigenvalue weighted by Gasteiger charge is -2.25. The van der Waals surface area contributed by atoms with Gasteiger partial charge in [0.15, 0.2) is 0 Å². The first-order valence-corrected chi connectivity index (χ1v) is 11.7. The lowest BCUT2D eigenvalue weighted by Crippen LogP contribution is -2.31. The number of nitrogens with zero attached hydrogens (tertiary/aromatic N) is 1. The van der Waals surface area contributed by atoms with Gasteiger partial charge in [-0.15, -0.1) is 11.8 Å². The maximum absolute atomic E-state index is 12.5. The van der Waals surface area contributed by atoms with Crippen molar-refractivity contribution < 1.29 is 9.59 Å². The Bertz CT molecular complexity index is 1020. The van der Waals surface area contributed by atoms with Gasteiger partial charge in [0.2, 0.25) is 11.8 Å². The van der Waals surface area contributed by atoms with Crippen LogP contribution >= 0.6 is 23.5 Å². The Balaban J connectivity index is 1.77. The molecule has 0 saturated carbocycles. The van der Waals surface area contributed by atoms with Crippen molar-refractivity contribution in [3.8, 4) is 6.07 Å². The molecule has 0 bridgehead atoms. The van der Waals surface area contributed by atoms with E-state index in [-0.39, 0.29) is 29.9 Å². The van der Waals surface area contributed by atoms with Crippen LogP contribution < -0.4 is 10.6 Å². The molecule has 2 amide bonds. The van der Waals surface area contributed by atoms with Crippen molar-refractivity contribution in [2.75, 3.05) is 17.3 Å². The predicted octanol–water partition coefficient (Wildman–Crippen LogP) is 4.74. The average Bonchev–Trinajstić information content (AvgIpc) is 2.74. The summed E-state index contributed by atoms with van der Waals surface area (Å²) in [4.78, 5) is 25.9. The molecule has 0 radical (unpaired) electrons. The molecule has 0 unspecified atom stereocenters. The number of carbonyl (C=O) groups is 2. The molecule has 5 nitrogen and oxygen atoms in total. The van der Waals surface area contributed by atoms with Crippen molar-refractivity contribution in [1.29, 1.82) is 5.26 Å². The van der Waals surface area contributed by atoms with Crippen LogP contribution in [-0.4, -0.2) is 23.8 Å². The number of allylic oxidation sites excluding steroid dienone is 1. The van der Waals surface area contributed by atoms with E-state index < -0.39 is 0 Å². The molecule has 1 atom stereocenters. The molecule has 0 fully saturated rings. The highest BCUT2D eigenvalue weighted by molar-refractivity contribution is 8.03. The van der Waals surface area contributed by atoms with E-state index in [0.29, 0.717) is 10.6 Å². The van der Waals surface area contributed by atoms with Crippen molar-refractivity contribution in [3.05, 3.63) is 69.8 Å². The molecule has 1 aliphatic rings. The van der Waals surface area contributed by atoms with E-state index in [2.05, 4.69) is 16.7 Å². The van der Waals surface area contributed by atoms with Gasteiger partial charge in [0.1, 0.15) is 0 Å². The zero-order valence-electron chi connectivity index (χ0n) is 17.1. The molecular formula is C23H23N3O2S2. The molecule has 2 N–H and O–H groups in total. The molecule has 0 spiro atoms. The van der Waals surface area contributed by atoms with Crippen LogP contribution in [-0.2, 0) is 9.59 Å². The van der Waals surface area contributed by atoms with Gasteiger partial charge in [0.25, 0.3) is 0 Å². The number of benzene rings is 2.